The van der Waals surface area contributed by atoms with E-state index in [1.54, 1.807) is 19.2 Å². The fraction of sp³-hybridized carbons (Fsp3) is 0.231. The quantitative estimate of drug-likeness (QED) is 0.574. The highest BCUT2D eigenvalue weighted by Gasteiger charge is 2.29. The number of rotatable bonds is 7. The lowest BCUT2D eigenvalue weighted by Gasteiger charge is -2.18. The van der Waals surface area contributed by atoms with Gasteiger partial charge in [0.05, 0.1) is 7.11 Å². The zero-order valence-electron chi connectivity index (χ0n) is 18.0. The molecule has 0 bridgehead atoms. The summed E-state index contributed by atoms with van der Waals surface area (Å²) in [7, 11) is 1.58. The lowest BCUT2D eigenvalue weighted by molar-refractivity contribution is -0.139. The number of aryl methyl sites for hydroxylation is 1. The topological polar surface area (TPSA) is 84.9 Å². The number of hydrogen-bond acceptors (Lipinski definition) is 4. The highest BCUT2D eigenvalue weighted by molar-refractivity contribution is 5.81. The number of alkyl carbamates (subject to hydrolysis) is 1. The van der Waals surface area contributed by atoms with Crippen LogP contribution in [0.2, 0.25) is 0 Å². The van der Waals surface area contributed by atoms with Crippen molar-refractivity contribution in [1.82, 2.24) is 5.32 Å². The lowest BCUT2D eigenvalue weighted by Crippen LogP contribution is -2.42. The summed E-state index contributed by atoms with van der Waals surface area (Å²) in [6.45, 7) is 2.02. The van der Waals surface area contributed by atoms with E-state index in [2.05, 4.69) is 17.4 Å². The first kappa shape index (κ1) is 21.4. The number of hydrogen-bond donors (Lipinski definition) is 2. The molecule has 1 unspecified atom stereocenters. The number of ether oxygens (including phenoxy) is 2. The Morgan fingerprint density at radius 1 is 1.00 bits per heavy atom. The molecule has 0 aromatic heterocycles. The summed E-state index contributed by atoms with van der Waals surface area (Å²) < 4.78 is 10.7. The fourth-order valence-corrected chi connectivity index (χ4v) is 4.29. The molecule has 0 fully saturated rings. The number of carbonyl (C=O) groups is 2. The summed E-state index contributed by atoms with van der Waals surface area (Å²) in [6, 6.07) is 20.4. The highest BCUT2D eigenvalue weighted by atomic mass is 16.5. The molecule has 4 rings (SSSR count). The van der Waals surface area contributed by atoms with Crippen LogP contribution in [0, 0.1) is 6.92 Å². The second-order valence-corrected chi connectivity index (χ2v) is 7.87. The van der Waals surface area contributed by atoms with Gasteiger partial charge in [0.2, 0.25) is 0 Å². The molecule has 2 N–H and O–H groups in total. The molecule has 1 amide bonds. The molecule has 3 aromatic carbocycles. The minimum atomic E-state index is -1.12. The van der Waals surface area contributed by atoms with Crippen LogP contribution in [0.15, 0.2) is 66.7 Å². The molecule has 0 saturated carbocycles. The molecule has 6 nitrogen and oxygen atoms in total. The average Bonchev–Trinajstić information content (AvgIpc) is 3.11. The van der Waals surface area contributed by atoms with E-state index in [1.807, 2.05) is 49.4 Å². The van der Waals surface area contributed by atoms with Crippen LogP contribution in [0.3, 0.4) is 0 Å². The number of amides is 1. The van der Waals surface area contributed by atoms with E-state index in [9.17, 15) is 14.7 Å². The van der Waals surface area contributed by atoms with Crippen LogP contribution in [0.5, 0.6) is 5.75 Å². The second-order valence-electron chi connectivity index (χ2n) is 7.87. The van der Waals surface area contributed by atoms with Gasteiger partial charge < -0.3 is 19.9 Å². The third-order valence-electron chi connectivity index (χ3n) is 5.83. The molecule has 6 heteroatoms. The second kappa shape index (κ2) is 9.14. The number of aliphatic carboxylic acids is 1. The Labute approximate surface area is 186 Å². The number of benzene rings is 3. The van der Waals surface area contributed by atoms with Crippen molar-refractivity contribution in [3.05, 3.63) is 89.0 Å². The molecule has 164 valence electrons. The van der Waals surface area contributed by atoms with E-state index in [1.165, 1.54) is 0 Å². The maximum atomic E-state index is 12.5. The first-order valence-electron chi connectivity index (χ1n) is 10.5. The molecule has 1 atom stereocenters. The predicted molar refractivity (Wildman–Crippen MR) is 121 cm³/mol. The fourth-order valence-electron chi connectivity index (χ4n) is 4.29. The van der Waals surface area contributed by atoms with Crippen LogP contribution >= 0.6 is 0 Å². The standard InChI is InChI=1S/C26H25NO5/c1-16-13-17(11-12-24(16)31-2)14-23(25(28)29)27-26(30)32-15-22-20-9-5-3-7-18(20)19-8-4-6-10-21(19)22/h3-13,22-23H,14-15H2,1-2H3,(H,27,30)(H,28,29). The van der Waals surface area contributed by atoms with Gasteiger partial charge in [0.25, 0.3) is 0 Å². The van der Waals surface area contributed by atoms with Crippen molar-refractivity contribution in [2.24, 2.45) is 0 Å². The van der Waals surface area contributed by atoms with Gasteiger partial charge in [-0.2, -0.15) is 0 Å². The normalized spacial score (nSPS) is 13.1. The number of carboxylic acids is 1. The van der Waals surface area contributed by atoms with Gasteiger partial charge in [-0.15, -0.1) is 0 Å². The van der Waals surface area contributed by atoms with Crippen molar-refractivity contribution >= 4 is 12.1 Å². The number of carboxylic acid groups (broad SMARTS) is 1. The third kappa shape index (κ3) is 4.30. The molecular formula is C26H25NO5. The summed E-state index contributed by atoms with van der Waals surface area (Å²) in [5.74, 6) is -0.474. The smallest absolute Gasteiger partial charge is 0.407 e. The van der Waals surface area contributed by atoms with Crippen LogP contribution in [-0.4, -0.2) is 36.9 Å². The van der Waals surface area contributed by atoms with Crippen molar-refractivity contribution in [3.63, 3.8) is 0 Å². The van der Waals surface area contributed by atoms with Crippen LogP contribution in [0.1, 0.15) is 28.2 Å². The SMILES string of the molecule is COc1ccc(CC(NC(=O)OCC2c3ccccc3-c3ccccc32)C(=O)O)cc1C. The monoisotopic (exact) mass is 431 g/mol. The maximum absolute atomic E-state index is 12.5. The van der Waals surface area contributed by atoms with Crippen molar-refractivity contribution in [1.29, 1.82) is 0 Å². The Bertz CT molecular complexity index is 1110. The van der Waals surface area contributed by atoms with E-state index >= 15 is 0 Å². The van der Waals surface area contributed by atoms with Crippen LogP contribution in [-0.2, 0) is 16.0 Å². The molecule has 0 saturated heterocycles. The summed E-state index contributed by atoms with van der Waals surface area (Å²) in [5.41, 5.74) is 6.16. The highest BCUT2D eigenvalue weighted by Crippen LogP contribution is 2.44. The number of carbonyl (C=O) groups excluding carboxylic acids is 1. The Balaban J connectivity index is 1.42. The first-order chi connectivity index (χ1) is 15.5. The third-order valence-corrected chi connectivity index (χ3v) is 5.83. The Hall–Kier alpha value is -3.80. The zero-order valence-corrected chi connectivity index (χ0v) is 18.0. The van der Waals surface area contributed by atoms with E-state index in [0.717, 1.165) is 39.1 Å². The molecule has 1 aliphatic rings. The predicted octanol–water partition coefficient (Wildman–Crippen LogP) is 4.54. The molecule has 3 aromatic rings. The van der Waals surface area contributed by atoms with E-state index in [0.29, 0.717) is 0 Å². The van der Waals surface area contributed by atoms with Gasteiger partial charge in [-0.05, 0) is 46.4 Å². The number of methoxy groups -OCH3 is 1. The molecule has 1 aliphatic carbocycles. The number of nitrogens with one attached hydrogen (secondary N) is 1. The van der Waals surface area contributed by atoms with Crippen LogP contribution in [0.25, 0.3) is 11.1 Å². The molecule has 0 heterocycles. The van der Waals surface area contributed by atoms with Crippen molar-refractivity contribution in [3.8, 4) is 16.9 Å². The van der Waals surface area contributed by atoms with Gasteiger partial charge in [-0.25, -0.2) is 9.59 Å². The summed E-state index contributed by atoms with van der Waals surface area (Å²) in [5, 5.41) is 12.1. The Morgan fingerprint density at radius 3 is 2.19 bits per heavy atom. The largest absolute Gasteiger partial charge is 0.496 e. The van der Waals surface area contributed by atoms with Crippen molar-refractivity contribution in [2.45, 2.75) is 25.3 Å². The van der Waals surface area contributed by atoms with Crippen molar-refractivity contribution < 1.29 is 24.2 Å². The van der Waals surface area contributed by atoms with Gasteiger partial charge in [-0.1, -0.05) is 60.7 Å². The first-order valence-corrected chi connectivity index (χ1v) is 10.5. The van der Waals surface area contributed by atoms with Crippen molar-refractivity contribution in [2.75, 3.05) is 13.7 Å². The lowest BCUT2D eigenvalue weighted by atomic mass is 9.98. The maximum Gasteiger partial charge on any atom is 0.407 e. The minimum Gasteiger partial charge on any atom is -0.496 e. The number of fused-ring (bicyclic) bond motifs is 3. The summed E-state index contributed by atoms with van der Waals surface area (Å²) in [4.78, 5) is 24.2. The van der Waals surface area contributed by atoms with Crippen LogP contribution in [0.4, 0.5) is 4.79 Å². The molecular weight excluding hydrogens is 406 g/mol. The van der Waals surface area contributed by atoms with E-state index in [-0.39, 0.29) is 18.9 Å². The zero-order chi connectivity index (χ0) is 22.7. The van der Waals surface area contributed by atoms with Gasteiger partial charge in [-0.3, -0.25) is 0 Å². The van der Waals surface area contributed by atoms with E-state index < -0.39 is 18.1 Å². The Morgan fingerprint density at radius 2 is 1.62 bits per heavy atom. The Kier molecular flexibility index (Phi) is 6.12. The molecule has 0 radical (unpaired) electrons. The van der Waals surface area contributed by atoms with Gasteiger partial charge in [0.1, 0.15) is 18.4 Å². The molecule has 32 heavy (non-hydrogen) atoms. The average molecular weight is 431 g/mol. The van der Waals surface area contributed by atoms with Gasteiger partial charge >= 0.3 is 12.1 Å². The van der Waals surface area contributed by atoms with Gasteiger partial charge in [0, 0.05) is 12.3 Å². The van der Waals surface area contributed by atoms with Gasteiger partial charge in [0.15, 0.2) is 0 Å². The molecule has 0 aliphatic heterocycles. The molecule has 0 spiro atoms. The van der Waals surface area contributed by atoms with Crippen LogP contribution < -0.4 is 10.1 Å². The minimum absolute atomic E-state index is 0.0827. The summed E-state index contributed by atoms with van der Waals surface area (Å²) >= 11 is 0. The van der Waals surface area contributed by atoms with E-state index in [4.69, 9.17) is 9.47 Å². The summed E-state index contributed by atoms with van der Waals surface area (Å²) in [6.07, 6.45) is -0.603.